The summed E-state index contributed by atoms with van der Waals surface area (Å²) in [5, 5.41) is 2.55. The summed E-state index contributed by atoms with van der Waals surface area (Å²) in [5.74, 6) is 0.582. The van der Waals surface area contributed by atoms with Crippen LogP contribution in [-0.4, -0.2) is 59.1 Å². The number of anilines is 2. The van der Waals surface area contributed by atoms with Gasteiger partial charge in [0, 0.05) is 48.7 Å². The Morgan fingerprint density at radius 1 is 1.00 bits per heavy atom. The summed E-state index contributed by atoms with van der Waals surface area (Å²) in [6.45, 7) is 6.11. The quantitative estimate of drug-likeness (QED) is 0.399. The number of hydrogen-bond donors (Lipinski definition) is 1. The van der Waals surface area contributed by atoms with E-state index in [-0.39, 0.29) is 10.7 Å². The zero-order chi connectivity index (χ0) is 29.2. The SMILES string of the molecule is CC(C)(C)OC(=O)N1CCC(S(=O)(=O)c2ccc(Nc3ncc(C=Cc4cccc5c4CCC5=O)cn3)cc2)CC1. The first kappa shape index (κ1) is 28.5. The molecule has 0 unspecified atom stereocenters. The van der Waals surface area contributed by atoms with E-state index >= 15 is 0 Å². The number of nitrogens with one attached hydrogen (secondary N) is 1. The molecule has 41 heavy (non-hydrogen) atoms. The highest BCUT2D eigenvalue weighted by atomic mass is 32.2. The van der Waals surface area contributed by atoms with E-state index in [2.05, 4.69) is 15.3 Å². The fourth-order valence-electron chi connectivity index (χ4n) is 5.07. The molecule has 10 heteroatoms. The number of aromatic nitrogens is 2. The number of fused-ring (bicyclic) bond motifs is 1. The molecule has 0 bridgehead atoms. The van der Waals surface area contributed by atoms with Crippen LogP contribution in [0, 0.1) is 0 Å². The number of ketones is 1. The second-order valence-electron chi connectivity index (χ2n) is 11.3. The first-order valence-electron chi connectivity index (χ1n) is 13.7. The molecule has 1 amide bonds. The van der Waals surface area contributed by atoms with E-state index in [0.29, 0.717) is 44.0 Å². The molecule has 1 saturated heterocycles. The van der Waals surface area contributed by atoms with Crippen LogP contribution in [0.2, 0.25) is 0 Å². The summed E-state index contributed by atoms with van der Waals surface area (Å²) in [6.07, 6.45) is 8.93. The van der Waals surface area contributed by atoms with E-state index in [4.69, 9.17) is 4.74 Å². The number of Topliss-reactive ketones (excluding diaryl/α,β-unsaturated/α-hetero) is 1. The molecule has 1 N–H and O–H groups in total. The van der Waals surface area contributed by atoms with Gasteiger partial charge in [-0.25, -0.2) is 23.2 Å². The number of likely N-dealkylation sites (tertiary alicyclic amines) is 1. The average Bonchev–Trinajstić information content (AvgIpc) is 3.33. The number of carbonyl (C=O) groups excluding carboxylic acids is 2. The lowest BCUT2D eigenvalue weighted by Gasteiger charge is -2.33. The van der Waals surface area contributed by atoms with E-state index in [1.165, 1.54) is 0 Å². The van der Waals surface area contributed by atoms with Gasteiger partial charge in [-0.15, -0.1) is 0 Å². The third-order valence-electron chi connectivity index (χ3n) is 7.21. The molecule has 2 aromatic carbocycles. The molecule has 1 aromatic heterocycles. The number of sulfone groups is 1. The largest absolute Gasteiger partial charge is 0.444 e. The highest BCUT2D eigenvalue weighted by molar-refractivity contribution is 7.92. The van der Waals surface area contributed by atoms with Gasteiger partial charge in [0.1, 0.15) is 5.60 Å². The highest BCUT2D eigenvalue weighted by Gasteiger charge is 2.34. The van der Waals surface area contributed by atoms with Gasteiger partial charge in [-0.3, -0.25) is 4.79 Å². The molecular weight excluding hydrogens is 540 g/mol. The summed E-state index contributed by atoms with van der Waals surface area (Å²) in [4.78, 5) is 34.9. The highest BCUT2D eigenvalue weighted by Crippen LogP contribution is 2.28. The lowest BCUT2D eigenvalue weighted by Crippen LogP contribution is -2.44. The molecule has 9 nitrogen and oxygen atoms in total. The second kappa shape index (κ2) is 11.4. The minimum atomic E-state index is -3.54. The molecule has 1 fully saturated rings. The molecule has 1 aliphatic carbocycles. The summed E-state index contributed by atoms with van der Waals surface area (Å²) < 4.78 is 31.9. The number of rotatable bonds is 6. The van der Waals surface area contributed by atoms with Crippen LogP contribution in [0.15, 0.2) is 59.8 Å². The molecule has 2 heterocycles. The van der Waals surface area contributed by atoms with Gasteiger partial charge in [-0.2, -0.15) is 0 Å². The van der Waals surface area contributed by atoms with Gasteiger partial charge >= 0.3 is 6.09 Å². The van der Waals surface area contributed by atoms with Gasteiger partial charge in [0.15, 0.2) is 15.6 Å². The predicted molar refractivity (Wildman–Crippen MR) is 158 cm³/mol. The third kappa shape index (κ3) is 6.65. The number of hydrogen-bond acceptors (Lipinski definition) is 8. The zero-order valence-corrected chi connectivity index (χ0v) is 24.3. The second-order valence-corrected chi connectivity index (χ2v) is 13.6. The Morgan fingerprint density at radius 2 is 1.68 bits per heavy atom. The smallest absolute Gasteiger partial charge is 0.410 e. The maximum atomic E-state index is 13.2. The van der Waals surface area contributed by atoms with Crippen molar-refractivity contribution in [3.63, 3.8) is 0 Å². The van der Waals surface area contributed by atoms with Crippen LogP contribution < -0.4 is 5.32 Å². The molecular formula is C31H34N4O5S. The Hall–Kier alpha value is -4.05. The van der Waals surface area contributed by atoms with Gasteiger partial charge < -0.3 is 15.0 Å². The Balaban J connectivity index is 1.17. The van der Waals surface area contributed by atoms with E-state index in [9.17, 15) is 18.0 Å². The Morgan fingerprint density at radius 3 is 2.34 bits per heavy atom. The number of piperidine rings is 1. The van der Waals surface area contributed by atoms with Gasteiger partial charge in [0.2, 0.25) is 5.95 Å². The van der Waals surface area contributed by atoms with Crippen molar-refractivity contribution in [2.45, 2.75) is 62.2 Å². The first-order chi connectivity index (χ1) is 19.5. The van der Waals surface area contributed by atoms with E-state index in [1.807, 2.05) is 51.1 Å². The minimum Gasteiger partial charge on any atom is -0.444 e. The monoisotopic (exact) mass is 574 g/mol. The van der Waals surface area contributed by atoms with Crippen LogP contribution in [0.5, 0.6) is 0 Å². The number of benzene rings is 2. The number of ether oxygens (including phenoxy) is 1. The van der Waals surface area contributed by atoms with Crippen molar-refractivity contribution in [1.82, 2.24) is 14.9 Å². The van der Waals surface area contributed by atoms with Gasteiger partial charge in [-0.1, -0.05) is 30.4 Å². The maximum absolute atomic E-state index is 13.2. The van der Waals surface area contributed by atoms with E-state index in [0.717, 1.165) is 28.7 Å². The third-order valence-corrected chi connectivity index (χ3v) is 9.49. The van der Waals surface area contributed by atoms with Crippen molar-refractivity contribution in [1.29, 1.82) is 0 Å². The van der Waals surface area contributed by atoms with Crippen LogP contribution >= 0.6 is 0 Å². The summed E-state index contributed by atoms with van der Waals surface area (Å²) in [6, 6.07) is 12.3. The first-order valence-corrected chi connectivity index (χ1v) is 15.3. The topological polar surface area (TPSA) is 119 Å². The van der Waals surface area contributed by atoms with Crippen LogP contribution in [0.25, 0.3) is 12.2 Å². The van der Waals surface area contributed by atoms with E-state index in [1.54, 1.807) is 41.6 Å². The Bertz CT molecular complexity index is 1570. The molecule has 1 aliphatic heterocycles. The van der Waals surface area contributed by atoms with Gasteiger partial charge in [0.05, 0.1) is 10.1 Å². The molecule has 5 rings (SSSR count). The maximum Gasteiger partial charge on any atom is 0.410 e. The number of amides is 1. The number of nitrogens with zero attached hydrogens (tertiary/aromatic N) is 3. The van der Waals surface area contributed by atoms with Crippen LogP contribution in [0.3, 0.4) is 0 Å². The predicted octanol–water partition coefficient (Wildman–Crippen LogP) is 5.69. The molecule has 0 saturated carbocycles. The Labute approximate surface area is 240 Å². The van der Waals surface area contributed by atoms with Gasteiger partial charge in [-0.05, 0) is 75.4 Å². The summed E-state index contributed by atoms with van der Waals surface area (Å²) in [7, 11) is -3.54. The lowest BCUT2D eigenvalue weighted by atomic mass is 10.0. The van der Waals surface area contributed by atoms with Crippen molar-refractivity contribution < 1.29 is 22.7 Å². The minimum absolute atomic E-state index is 0.195. The average molecular weight is 575 g/mol. The zero-order valence-electron chi connectivity index (χ0n) is 23.5. The molecule has 0 spiro atoms. The molecule has 0 atom stereocenters. The van der Waals surface area contributed by atoms with Crippen molar-refractivity contribution >= 4 is 45.5 Å². The van der Waals surface area contributed by atoms with E-state index < -0.39 is 26.8 Å². The Kier molecular flexibility index (Phi) is 7.95. The molecule has 2 aliphatic rings. The normalized spacial score (nSPS) is 16.2. The summed E-state index contributed by atoms with van der Waals surface area (Å²) in [5.41, 5.74) is 3.81. The summed E-state index contributed by atoms with van der Waals surface area (Å²) >= 11 is 0. The fraction of sp³-hybridized carbons (Fsp3) is 0.355. The molecule has 0 radical (unpaired) electrons. The van der Waals surface area contributed by atoms with Crippen molar-refractivity contribution in [2.75, 3.05) is 18.4 Å². The van der Waals surface area contributed by atoms with Crippen molar-refractivity contribution in [3.05, 3.63) is 77.1 Å². The van der Waals surface area contributed by atoms with Crippen LogP contribution in [-0.2, 0) is 21.0 Å². The van der Waals surface area contributed by atoms with Crippen molar-refractivity contribution in [2.24, 2.45) is 0 Å². The van der Waals surface area contributed by atoms with Crippen LogP contribution in [0.1, 0.15) is 67.1 Å². The van der Waals surface area contributed by atoms with Crippen molar-refractivity contribution in [3.8, 4) is 0 Å². The standard InChI is InChI=1S/C31H34N4O5S/c1-31(2,3)40-30(37)35-17-15-25(16-18-35)41(38,39)24-11-9-23(10-12-24)34-29-32-19-21(20-33-29)7-8-22-5-4-6-27-26(22)13-14-28(27)36/h4-12,19-20,25H,13-18H2,1-3H3,(H,32,33,34). The van der Waals surface area contributed by atoms with Crippen LogP contribution in [0.4, 0.5) is 16.4 Å². The molecule has 3 aromatic rings. The number of carbonyl (C=O) groups is 2. The molecule has 214 valence electrons. The fourth-order valence-corrected chi connectivity index (χ4v) is 6.81. The van der Waals surface area contributed by atoms with Gasteiger partial charge in [0.25, 0.3) is 0 Å². The lowest BCUT2D eigenvalue weighted by molar-refractivity contribution is 0.0217.